The summed E-state index contributed by atoms with van der Waals surface area (Å²) in [5.41, 5.74) is 8.13. The van der Waals surface area contributed by atoms with Gasteiger partial charge in [0.25, 0.3) is 0 Å². The third kappa shape index (κ3) is 2.09. The topological polar surface area (TPSA) is 53.1 Å². The van der Waals surface area contributed by atoms with Crippen LogP contribution in [0.4, 0.5) is 5.95 Å². The Morgan fingerprint density at radius 1 is 1.56 bits per heavy atom. The second kappa shape index (κ2) is 4.70. The van der Waals surface area contributed by atoms with Crippen molar-refractivity contribution < 1.29 is 4.74 Å². The van der Waals surface area contributed by atoms with E-state index in [2.05, 4.69) is 57.3 Å². The first-order valence-electron chi connectivity index (χ1n) is 6.18. The third-order valence-corrected chi connectivity index (χ3v) is 4.36. The standard InChI is InChI=1S/C13H16IN3O/c1-8-9(4-5-18-8)7-17-12-3-2-10(14)6-11(12)16-13(17)15/h2-3,6,8-9H,4-5,7H2,1H3,(H2,15,16). The van der Waals surface area contributed by atoms with Crippen LogP contribution in [-0.2, 0) is 11.3 Å². The molecule has 3 rings (SSSR count). The van der Waals surface area contributed by atoms with Crippen molar-refractivity contribution in [2.75, 3.05) is 12.3 Å². The van der Waals surface area contributed by atoms with Crippen LogP contribution in [0.25, 0.3) is 11.0 Å². The predicted molar refractivity (Wildman–Crippen MR) is 80.4 cm³/mol. The highest BCUT2D eigenvalue weighted by atomic mass is 127. The summed E-state index contributed by atoms with van der Waals surface area (Å²) in [6.07, 6.45) is 1.41. The fraction of sp³-hybridized carbons (Fsp3) is 0.462. The maximum absolute atomic E-state index is 6.04. The summed E-state index contributed by atoms with van der Waals surface area (Å²) >= 11 is 2.29. The zero-order valence-corrected chi connectivity index (χ0v) is 12.4. The van der Waals surface area contributed by atoms with Crippen LogP contribution < -0.4 is 5.73 Å². The normalized spacial score (nSPS) is 23.9. The number of benzene rings is 1. The molecule has 96 valence electrons. The van der Waals surface area contributed by atoms with Gasteiger partial charge in [-0.05, 0) is 54.1 Å². The van der Waals surface area contributed by atoms with E-state index >= 15 is 0 Å². The molecule has 1 aliphatic rings. The first-order valence-corrected chi connectivity index (χ1v) is 7.26. The number of halogens is 1. The van der Waals surface area contributed by atoms with Crippen molar-refractivity contribution in [3.05, 3.63) is 21.8 Å². The molecule has 4 nitrogen and oxygen atoms in total. The van der Waals surface area contributed by atoms with E-state index in [1.165, 1.54) is 3.57 Å². The molecule has 2 atom stereocenters. The number of imidazole rings is 1. The van der Waals surface area contributed by atoms with Crippen molar-refractivity contribution in [1.29, 1.82) is 0 Å². The average molecular weight is 357 g/mol. The molecule has 0 spiro atoms. The SMILES string of the molecule is CC1OCCC1Cn1c(N)nc2cc(I)ccc21. The number of fused-ring (bicyclic) bond motifs is 1. The van der Waals surface area contributed by atoms with Crippen LogP contribution in [0.15, 0.2) is 18.2 Å². The van der Waals surface area contributed by atoms with Crippen LogP contribution in [-0.4, -0.2) is 22.3 Å². The van der Waals surface area contributed by atoms with E-state index in [4.69, 9.17) is 10.5 Å². The Bertz CT molecular complexity index is 581. The van der Waals surface area contributed by atoms with Crippen molar-refractivity contribution in [1.82, 2.24) is 9.55 Å². The van der Waals surface area contributed by atoms with Crippen molar-refractivity contribution in [2.45, 2.75) is 26.0 Å². The van der Waals surface area contributed by atoms with Gasteiger partial charge in [0.1, 0.15) is 0 Å². The molecule has 2 aromatic rings. The summed E-state index contributed by atoms with van der Waals surface area (Å²) < 4.78 is 8.90. The number of hydrogen-bond acceptors (Lipinski definition) is 3. The molecule has 2 unspecified atom stereocenters. The van der Waals surface area contributed by atoms with Crippen molar-refractivity contribution in [3.63, 3.8) is 0 Å². The van der Waals surface area contributed by atoms with Gasteiger partial charge in [-0.2, -0.15) is 0 Å². The fourth-order valence-electron chi connectivity index (χ4n) is 2.56. The average Bonchev–Trinajstić information content (AvgIpc) is 2.85. The van der Waals surface area contributed by atoms with Crippen molar-refractivity contribution in [3.8, 4) is 0 Å². The lowest BCUT2D eigenvalue weighted by atomic mass is 10.0. The minimum Gasteiger partial charge on any atom is -0.378 e. The Kier molecular flexibility index (Phi) is 3.19. The molecule has 1 aromatic carbocycles. The fourth-order valence-corrected chi connectivity index (χ4v) is 3.04. The van der Waals surface area contributed by atoms with Gasteiger partial charge in [-0.3, -0.25) is 0 Å². The van der Waals surface area contributed by atoms with E-state index < -0.39 is 0 Å². The summed E-state index contributed by atoms with van der Waals surface area (Å²) in [6, 6.07) is 6.26. The van der Waals surface area contributed by atoms with Crippen molar-refractivity contribution in [2.24, 2.45) is 5.92 Å². The molecule has 18 heavy (non-hydrogen) atoms. The maximum Gasteiger partial charge on any atom is 0.201 e. The zero-order valence-electron chi connectivity index (χ0n) is 10.3. The van der Waals surface area contributed by atoms with Gasteiger partial charge in [0.15, 0.2) is 0 Å². The molecule has 2 heterocycles. The highest BCUT2D eigenvalue weighted by molar-refractivity contribution is 14.1. The van der Waals surface area contributed by atoms with Gasteiger partial charge in [0.05, 0.1) is 17.1 Å². The number of nitrogens with zero attached hydrogens (tertiary/aromatic N) is 2. The monoisotopic (exact) mass is 357 g/mol. The van der Waals surface area contributed by atoms with Crippen LogP contribution in [0.2, 0.25) is 0 Å². The number of rotatable bonds is 2. The Labute approximate surface area is 120 Å². The molecule has 1 aliphatic heterocycles. The second-order valence-electron chi connectivity index (χ2n) is 4.84. The lowest BCUT2D eigenvalue weighted by molar-refractivity contribution is 0.102. The molecule has 0 radical (unpaired) electrons. The number of nitrogen functional groups attached to an aromatic ring is 1. The Morgan fingerprint density at radius 2 is 2.39 bits per heavy atom. The molecule has 1 saturated heterocycles. The van der Waals surface area contributed by atoms with E-state index in [1.54, 1.807) is 0 Å². The summed E-state index contributed by atoms with van der Waals surface area (Å²) in [4.78, 5) is 4.44. The minimum absolute atomic E-state index is 0.311. The van der Waals surface area contributed by atoms with Gasteiger partial charge in [0.2, 0.25) is 5.95 Å². The molecule has 1 fully saturated rings. The molecular weight excluding hydrogens is 341 g/mol. The van der Waals surface area contributed by atoms with Crippen LogP contribution in [0, 0.1) is 9.49 Å². The quantitative estimate of drug-likeness (QED) is 0.841. The summed E-state index contributed by atoms with van der Waals surface area (Å²) in [7, 11) is 0. The molecule has 5 heteroatoms. The van der Waals surface area contributed by atoms with Gasteiger partial charge >= 0.3 is 0 Å². The van der Waals surface area contributed by atoms with Crippen molar-refractivity contribution >= 4 is 39.6 Å². The highest BCUT2D eigenvalue weighted by Gasteiger charge is 2.25. The molecule has 2 N–H and O–H groups in total. The van der Waals surface area contributed by atoms with Gasteiger partial charge in [-0.25, -0.2) is 4.98 Å². The predicted octanol–water partition coefficient (Wildman–Crippen LogP) is 2.65. The molecular formula is C13H16IN3O. The number of anilines is 1. The Morgan fingerprint density at radius 3 is 3.11 bits per heavy atom. The lowest BCUT2D eigenvalue weighted by Gasteiger charge is -2.16. The maximum atomic E-state index is 6.04. The van der Waals surface area contributed by atoms with Gasteiger partial charge < -0.3 is 15.0 Å². The Hall–Kier alpha value is -0.820. The third-order valence-electron chi connectivity index (χ3n) is 3.69. The molecule has 0 bridgehead atoms. The molecule has 1 aromatic heterocycles. The van der Waals surface area contributed by atoms with Gasteiger partial charge in [-0.15, -0.1) is 0 Å². The van der Waals surface area contributed by atoms with E-state index in [0.717, 1.165) is 30.6 Å². The summed E-state index contributed by atoms with van der Waals surface area (Å²) in [5, 5.41) is 0. The van der Waals surface area contributed by atoms with Gasteiger partial charge in [0, 0.05) is 22.6 Å². The van der Waals surface area contributed by atoms with Crippen LogP contribution in [0.3, 0.4) is 0 Å². The highest BCUT2D eigenvalue weighted by Crippen LogP contribution is 2.27. The summed E-state index contributed by atoms with van der Waals surface area (Å²) in [5.74, 6) is 1.13. The van der Waals surface area contributed by atoms with Gasteiger partial charge in [-0.1, -0.05) is 0 Å². The molecule has 0 amide bonds. The largest absolute Gasteiger partial charge is 0.378 e. The van der Waals surface area contributed by atoms with Crippen LogP contribution in [0.1, 0.15) is 13.3 Å². The zero-order chi connectivity index (χ0) is 12.7. The smallest absolute Gasteiger partial charge is 0.201 e. The molecule has 0 saturated carbocycles. The van der Waals surface area contributed by atoms with Crippen LogP contribution in [0.5, 0.6) is 0 Å². The molecule has 0 aliphatic carbocycles. The van der Waals surface area contributed by atoms with Crippen LogP contribution >= 0.6 is 22.6 Å². The minimum atomic E-state index is 0.311. The first kappa shape index (κ1) is 12.2. The Balaban J connectivity index is 1.98. The number of hydrogen-bond donors (Lipinski definition) is 1. The number of aromatic nitrogens is 2. The lowest BCUT2D eigenvalue weighted by Crippen LogP contribution is -2.18. The number of ether oxygens (including phenoxy) is 1. The summed E-state index contributed by atoms with van der Waals surface area (Å²) in [6.45, 7) is 3.89. The number of nitrogens with two attached hydrogens (primary N) is 1. The van der Waals surface area contributed by atoms with E-state index in [-0.39, 0.29) is 0 Å². The van der Waals surface area contributed by atoms with E-state index in [0.29, 0.717) is 18.0 Å². The van der Waals surface area contributed by atoms with E-state index in [1.807, 2.05) is 0 Å². The second-order valence-corrected chi connectivity index (χ2v) is 6.08. The van der Waals surface area contributed by atoms with E-state index in [9.17, 15) is 0 Å². The first-order chi connectivity index (χ1) is 8.65.